The lowest BCUT2D eigenvalue weighted by Gasteiger charge is -2.33. The fourth-order valence-electron chi connectivity index (χ4n) is 3.11. The minimum absolute atomic E-state index is 0.412. The second-order valence-electron chi connectivity index (χ2n) is 5.83. The first-order valence-electron chi connectivity index (χ1n) is 7.75. The molecule has 0 unspecified atom stereocenters. The Labute approximate surface area is 144 Å². The molecule has 3 aromatic rings. The van der Waals surface area contributed by atoms with Crippen LogP contribution in [-0.2, 0) is 13.1 Å². The van der Waals surface area contributed by atoms with Crippen molar-refractivity contribution in [3.05, 3.63) is 57.0 Å². The number of thiophene rings is 1. The smallest absolute Gasteiger partial charge is 0.217 e. The van der Waals surface area contributed by atoms with Crippen LogP contribution in [0.25, 0.3) is 11.4 Å². The van der Waals surface area contributed by atoms with Crippen LogP contribution in [0.3, 0.4) is 0 Å². The maximum absolute atomic E-state index is 5.44. The predicted octanol–water partition coefficient (Wildman–Crippen LogP) is 4.25. The molecule has 4 nitrogen and oxygen atoms in total. The number of benzene rings is 1. The number of hydrogen-bond donors (Lipinski definition) is 1. The monoisotopic (exact) mass is 342 g/mol. The number of aromatic amines is 1. The zero-order valence-electron chi connectivity index (χ0n) is 12.9. The van der Waals surface area contributed by atoms with Crippen LogP contribution in [0.4, 0.5) is 0 Å². The topological polar surface area (TPSA) is 36.9 Å². The number of hydrogen-bond acceptors (Lipinski definition) is 4. The van der Waals surface area contributed by atoms with Gasteiger partial charge >= 0.3 is 0 Å². The molecule has 1 atom stereocenters. The molecular formula is C17H18N4S2. The molecule has 2 aromatic heterocycles. The first-order chi connectivity index (χ1) is 11.2. The summed E-state index contributed by atoms with van der Waals surface area (Å²) < 4.78 is 2.57. The average molecular weight is 342 g/mol. The van der Waals surface area contributed by atoms with Gasteiger partial charge in [0.2, 0.25) is 4.77 Å². The molecule has 0 saturated carbocycles. The van der Waals surface area contributed by atoms with Crippen LogP contribution in [0.2, 0.25) is 0 Å². The minimum atomic E-state index is 0.412. The zero-order chi connectivity index (χ0) is 15.8. The van der Waals surface area contributed by atoms with E-state index in [0.717, 1.165) is 31.0 Å². The zero-order valence-corrected chi connectivity index (χ0v) is 14.5. The normalized spacial score (nSPS) is 18.0. The van der Waals surface area contributed by atoms with Gasteiger partial charge in [0.15, 0.2) is 5.82 Å². The molecule has 1 N–H and O–H groups in total. The summed E-state index contributed by atoms with van der Waals surface area (Å²) >= 11 is 7.30. The van der Waals surface area contributed by atoms with E-state index in [2.05, 4.69) is 33.4 Å². The van der Waals surface area contributed by atoms with Gasteiger partial charge < -0.3 is 0 Å². The van der Waals surface area contributed by atoms with Gasteiger partial charge in [-0.1, -0.05) is 30.3 Å². The van der Waals surface area contributed by atoms with Crippen molar-refractivity contribution in [3.63, 3.8) is 0 Å². The summed E-state index contributed by atoms with van der Waals surface area (Å²) in [5.41, 5.74) is 2.51. The van der Waals surface area contributed by atoms with Crippen LogP contribution in [0.5, 0.6) is 0 Å². The number of nitrogens with zero attached hydrogens (tertiary/aromatic N) is 3. The Morgan fingerprint density at radius 1 is 1.30 bits per heavy atom. The van der Waals surface area contributed by atoms with Gasteiger partial charge in [-0.05, 0) is 42.6 Å². The van der Waals surface area contributed by atoms with Gasteiger partial charge in [0.05, 0.1) is 6.67 Å². The van der Waals surface area contributed by atoms with Crippen LogP contribution in [-0.4, -0.2) is 26.2 Å². The van der Waals surface area contributed by atoms with Gasteiger partial charge in [0.1, 0.15) is 0 Å². The van der Waals surface area contributed by atoms with E-state index in [-0.39, 0.29) is 0 Å². The molecule has 23 heavy (non-hydrogen) atoms. The molecule has 3 heterocycles. The van der Waals surface area contributed by atoms with Gasteiger partial charge in [0.25, 0.3) is 0 Å². The largest absolute Gasteiger partial charge is 0.278 e. The highest BCUT2D eigenvalue weighted by molar-refractivity contribution is 7.71. The molecule has 6 heteroatoms. The van der Waals surface area contributed by atoms with Crippen molar-refractivity contribution in [1.29, 1.82) is 0 Å². The van der Waals surface area contributed by atoms with Gasteiger partial charge in [-0.3, -0.25) is 10.00 Å². The van der Waals surface area contributed by atoms with Gasteiger partial charge in [-0.25, -0.2) is 4.68 Å². The maximum Gasteiger partial charge on any atom is 0.217 e. The highest BCUT2D eigenvalue weighted by Gasteiger charge is 2.25. The first kappa shape index (κ1) is 14.8. The SMILES string of the molecule is C[C@H]1c2ccsc2CCN1Cn1[nH]c(-c2ccccc2)nc1=S. The first-order valence-corrected chi connectivity index (χ1v) is 9.04. The Hall–Kier alpha value is -1.76. The highest BCUT2D eigenvalue weighted by atomic mass is 32.1. The lowest BCUT2D eigenvalue weighted by molar-refractivity contribution is 0.144. The minimum Gasteiger partial charge on any atom is -0.278 e. The molecular weight excluding hydrogens is 324 g/mol. The summed E-state index contributed by atoms with van der Waals surface area (Å²) in [6.07, 6.45) is 1.12. The summed E-state index contributed by atoms with van der Waals surface area (Å²) in [4.78, 5) is 8.47. The quantitative estimate of drug-likeness (QED) is 0.723. The predicted molar refractivity (Wildman–Crippen MR) is 96.0 cm³/mol. The van der Waals surface area contributed by atoms with Gasteiger partial charge in [-0.2, -0.15) is 4.98 Å². The summed E-state index contributed by atoms with van der Waals surface area (Å²) in [5, 5.41) is 5.54. The molecule has 118 valence electrons. The molecule has 0 bridgehead atoms. The fraction of sp³-hybridized carbons (Fsp3) is 0.294. The van der Waals surface area contributed by atoms with Crippen molar-refractivity contribution in [1.82, 2.24) is 19.7 Å². The van der Waals surface area contributed by atoms with Crippen molar-refractivity contribution in [2.75, 3.05) is 6.54 Å². The van der Waals surface area contributed by atoms with E-state index in [0.29, 0.717) is 10.8 Å². The second kappa shape index (κ2) is 6.03. The van der Waals surface area contributed by atoms with E-state index in [1.807, 2.05) is 46.4 Å². The molecule has 0 aliphatic carbocycles. The van der Waals surface area contributed by atoms with E-state index >= 15 is 0 Å². The molecule has 0 spiro atoms. The summed E-state index contributed by atoms with van der Waals surface area (Å²) in [6, 6.07) is 12.8. The Morgan fingerprint density at radius 3 is 2.96 bits per heavy atom. The average Bonchev–Trinajstić information content (AvgIpc) is 3.19. The lowest BCUT2D eigenvalue weighted by atomic mass is 10.0. The fourth-order valence-corrected chi connectivity index (χ4v) is 4.27. The molecule has 1 aromatic carbocycles. The van der Waals surface area contributed by atoms with Crippen LogP contribution in [0.1, 0.15) is 23.4 Å². The molecule has 1 aliphatic heterocycles. The lowest BCUT2D eigenvalue weighted by Crippen LogP contribution is -2.35. The van der Waals surface area contributed by atoms with E-state index in [1.165, 1.54) is 10.4 Å². The summed E-state index contributed by atoms with van der Waals surface area (Å²) in [6.45, 7) is 4.06. The molecule has 0 radical (unpaired) electrons. The molecule has 0 saturated heterocycles. The van der Waals surface area contributed by atoms with E-state index < -0.39 is 0 Å². The Morgan fingerprint density at radius 2 is 2.13 bits per heavy atom. The number of aromatic nitrogens is 3. The Kier molecular flexibility index (Phi) is 3.88. The van der Waals surface area contributed by atoms with Crippen molar-refractivity contribution in [2.24, 2.45) is 0 Å². The Bertz CT molecular complexity index is 862. The standard InChI is InChI=1S/C17H18N4S2/c1-12-14-8-10-23-15(14)7-9-20(12)11-21-17(22)18-16(19-21)13-5-3-2-4-6-13/h2-6,8,10,12H,7,9,11H2,1H3,(H,18,19,22)/t12-/m0/s1. The van der Waals surface area contributed by atoms with Crippen molar-refractivity contribution in [2.45, 2.75) is 26.1 Å². The number of H-pyrrole nitrogens is 1. The third kappa shape index (κ3) is 2.78. The van der Waals surface area contributed by atoms with E-state index in [1.54, 1.807) is 0 Å². The van der Waals surface area contributed by atoms with E-state index in [4.69, 9.17) is 12.2 Å². The van der Waals surface area contributed by atoms with Crippen LogP contribution in [0, 0.1) is 4.77 Å². The van der Waals surface area contributed by atoms with Crippen LogP contribution in [0.15, 0.2) is 41.8 Å². The molecule has 0 fully saturated rings. The molecule has 1 aliphatic rings. The molecule has 4 rings (SSSR count). The van der Waals surface area contributed by atoms with Crippen LogP contribution < -0.4 is 0 Å². The second-order valence-corrected chi connectivity index (χ2v) is 7.19. The third-order valence-corrected chi connectivity index (χ3v) is 5.76. The van der Waals surface area contributed by atoms with Gasteiger partial charge in [-0.15, -0.1) is 11.3 Å². The number of fused-ring (bicyclic) bond motifs is 1. The summed E-state index contributed by atoms with van der Waals surface area (Å²) in [7, 11) is 0. The highest BCUT2D eigenvalue weighted by Crippen LogP contribution is 2.33. The summed E-state index contributed by atoms with van der Waals surface area (Å²) in [5.74, 6) is 0.830. The van der Waals surface area contributed by atoms with Crippen LogP contribution >= 0.6 is 23.6 Å². The number of rotatable bonds is 3. The van der Waals surface area contributed by atoms with Crippen molar-refractivity contribution < 1.29 is 0 Å². The third-order valence-electron chi connectivity index (χ3n) is 4.45. The maximum atomic E-state index is 5.44. The molecule has 0 amide bonds. The van der Waals surface area contributed by atoms with Gasteiger partial charge in [0, 0.05) is 23.0 Å². The van der Waals surface area contributed by atoms with Crippen molar-refractivity contribution in [3.8, 4) is 11.4 Å². The number of nitrogens with one attached hydrogen (secondary N) is 1. The Balaban J connectivity index is 1.58. The van der Waals surface area contributed by atoms with Crippen molar-refractivity contribution >= 4 is 23.6 Å². The van der Waals surface area contributed by atoms with E-state index in [9.17, 15) is 0 Å².